The standard InChI is InChI=1S/C18H15N3O2S2/c1-22-14-8-12-16(9-15(14)23-2)25-18(19-12)21-17-20-13(10-24-17)11-6-4-3-5-7-11/h3-10H,1-2H3,(H,19,20,21). The van der Waals surface area contributed by atoms with Crippen LogP contribution >= 0.6 is 22.7 Å². The quantitative estimate of drug-likeness (QED) is 0.525. The first-order valence-corrected chi connectivity index (χ1v) is 9.27. The summed E-state index contributed by atoms with van der Waals surface area (Å²) in [5.74, 6) is 1.37. The van der Waals surface area contributed by atoms with Crippen LogP contribution in [0.15, 0.2) is 47.8 Å². The lowest BCUT2D eigenvalue weighted by Crippen LogP contribution is -1.90. The molecule has 0 fully saturated rings. The van der Waals surface area contributed by atoms with Crippen molar-refractivity contribution in [2.75, 3.05) is 19.5 Å². The van der Waals surface area contributed by atoms with Crippen LogP contribution in [0.25, 0.3) is 21.5 Å². The molecule has 0 spiro atoms. The van der Waals surface area contributed by atoms with Crippen LogP contribution in [0.5, 0.6) is 11.5 Å². The lowest BCUT2D eigenvalue weighted by molar-refractivity contribution is 0.356. The van der Waals surface area contributed by atoms with E-state index in [1.54, 1.807) is 36.9 Å². The van der Waals surface area contributed by atoms with Gasteiger partial charge in [0, 0.05) is 23.1 Å². The fourth-order valence-electron chi connectivity index (χ4n) is 2.47. The molecule has 0 saturated carbocycles. The highest BCUT2D eigenvalue weighted by atomic mass is 32.1. The molecule has 2 heterocycles. The van der Waals surface area contributed by atoms with Gasteiger partial charge in [-0.15, -0.1) is 11.3 Å². The van der Waals surface area contributed by atoms with Crippen LogP contribution in [0, 0.1) is 0 Å². The summed E-state index contributed by atoms with van der Waals surface area (Å²) >= 11 is 3.11. The normalized spacial score (nSPS) is 10.8. The van der Waals surface area contributed by atoms with Crippen molar-refractivity contribution in [3.63, 3.8) is 0 Å². The second kappa shape index (κ2) is 6.70. The van der Waals surface area contributed by atoms with Gasteiger partial charge in [-0.25, -0.2) is 9.97 Å². The maximum Gasteiger partial charge on any atom is 0.190 e. The minimum atomic E-state index is 0.674. The number of anilines is 2. The Bertz CT molecular complexity index is 971. The van der Waals surface area contributed by atoms with Gasteiger partial charge >= 0.3 is 0 Å². The minimum absolute atomic E-state index is 0.674. The number of methoxy groups -OCH3 is 2. The molecule has 2 aromatic carbocycles. The number of aromatic nitrogens is 2. The summed E-state index contributed by atoms with van der Waals surface area (Å²) in [6.07, 6.45) is 0. The van der Waals surface area contributed by atoms with Gasteiger partial charge < -0.3 is 14.8 Å². The van der Waals surface area contributed by atoms with Crippen LogP contribution < -0.4 is 14.8 Å². The molecule has 0 atom stereocenters. The summed E-state index contributed by atoms with van der Waals surface area (Å²) in [7, 11) is 3.25. The number of thiazole rings is 2. The van der Waals surface area contributed by atoms with Crippen LogP contribution in [0.4, 0.5) is 10.3 Å². The Balaban J connectivity index is 1.62. The van der Waals surface area contributed by atoms with E-state index in [2.05, 4.69) is 27.4 Å². The first-order valence-electron chi connectivity index (χ1n) is 7.57. The molecule has 0 bridgehead atoms. The molecule has 25 heavy (non-hydrogen) atoms. The number of rotatable bonds is 5. The van der Waals surface area contributed by atoms with Crippen LogP contribution in [0.3, 0.4) is 0 Å². The van der Waals surface area contributed by atoms with Crippen LogP contribution in [0.1, 0.15) is 0 Å². The lowest BCUT2D eigenvalue weighted by Gasteiger charge is -2.05. The highest BCUT2D eigenvalue weighted by molar-refractivity contribution is 7.22. The van der Waals surface area contributed by atoms with Gasteiger partial charge in [0.25, 0.3) is 0 Å². The van der Waals surface area contributed by atoms with Crippen LogP contribution in [-0.4, -0.2) is 24.2 Å². The van der Waals surface area contributed by atoms with Gasteiger partial charge in [0.1, 0.15) is 0 Å². The average molecular weight is 369 g/mol. The van der Waals surface area contributed by atoms with E-state index in [4.69, 9.17) is 9.47 Å². The van der Waals surface area contributed by atoms with Gasteiger partial charge in [0.05, 0.1) is 30.1 Å². The maximum atomic E-state index is 5.35. The summed E-state index contributed by atoms with van der Waals surface area (Å²) < 4.78 is 11.7. The third-order valence-electron chi connectivity index (χ3n) is 3.68. The van der Waals surface area contributed by atoms with E-state index < -0.39 is 0 Å². The van der Waals surface area contributed by atoms with Crippen molar-refractivity contribution in [3.8, 4) is 22.8 Å². The second-order valence-electron chi connectivity index (χ2n) is 5.22. The predicted octanol–water partition coefficient (Wildman–Crippen LogP) is 5.18. The summed E-state index contributed by atoms with van der Waals surface area (Å²) in [4.78, 5) is 9.25. The Labute approximate surface area is 152 Å². The third kappa shape index (κ3) is 3.16. The summed E-state index contributed by atoms with van der Waals surface area (Å²) in [5.41, 5.74) is 2.92. The van der Waals surface area contributed by atoms with Crippen LogP contribution in [-0.2, 0) is 0 Å². The van der Waals surface area contributed by atoms with E-state index in [0.717, 1.165) is 31.7 Å². The molecular weight excluding hydrogens is 354 g/mol. The van der Waals surface area contributed by atoms with Crippen molar-refractivity contribution >= 4 is 43.2 Å². The van der Waals surface area contributed by atoms with Crippen molar-refractivity contribution in [2.45, 2.75) is 0 Å². The van der Waals surface area contributed by atoms with Crippen molar-refractivity contribution in [1.29, 1.82) is 0 Å². The fraction of sp³-hybridized carbons (Fsp3) is 0.111. The summed E-state index contributed by atoms with van der Waals surface area (Å²) in [5, 5.41) is 6.94. The molecular formula is C18H15N3O2S2. The Kier molecular flexibility index (Phi) is 4.25. The number of fused-ring (bicyclic) bond motifs is 1. The lowest BCUT2D eigenvalue weighted by atomic mass is 10.2. The van der Waals surface area contributed by atoms with Crippen LogP contribution in [0.2, 0.25) is 0 Å². The molecule has 0 aliphatic heterocycles. The zero-order chi connectivity index (χ0) is 17.2. The second-order valence-corrected chi connectivity index (χ2v) is 7.11. The number of ether oxygens (including phenoxy) is 2. The highest BCUT2D eigenvalue weighted by Crippen LogP contribution is 2.37. The number of nitrogens with one attached hydrogen (secondary N) is 1. The predicted molar refractivity (Wildman–Crippen MR) is 104 cm³/mol. The monoisotopic (exact) mass is 369 g/mol. The van der Waals surface area contributed by atoms with Gasteiger partial charge in [0.2, 0.25) is 0 Å². The topological polar surface area (TPSA) is 56.3 Å². The van der Waals surface area contributed by atoms with E-state index in [1.807, 2.05) is 35.7 Å². The maximum absolute atomic E-state index is 5.35. The van der Waals surface area contributed by atoms with Crippen molar-refractivity contribution < 1.29 is 9.47 Å². The SMILES string of the molecule is COc1cc2nc(Nc3nc(-c4ccccc4)cs3)sc2cc1OC. The zero-order valence-electron chi connectivity index (χ0n) is 13.6. The number of nitrogens with zero attached hydrogens (tertiary/aromatic N) is 2. The summed E-state index contributed by atoms with van der Waals surface area (Å²) in [6, 6.07) is 13.9. The molecule has 0 saturated heterocycles. The number of hydrogen-bond acceptors (Lipinski definition) is 7. The highest BCUT2D eigenvalue weighted by Gasteiger charge is 2.12. The third-order valence-corrected chi connectivity index (χ3v) is 5.37. The summed E-state index contributed by atoms with van der Waals surface area (Å²) in [6.45, 7) is 0. The Morgan fingerprint density at radius 2 is 1.68 bits per heavy atom. The first-order chi connectivity index (χ1) is 12.3. The van der Waals surface area contributed by atoms with E-state index in [-0.39, 0.29) is 0 Å². The Morgan fingerprint density at radius 1 is 0.920 bits per heavy atom. The molecule has 4 aromatic rings. The van der Waals surface area contributed by atoms with Gasteiger partial charge in [-0.05, 0) is 0 Å². The Hall–Kier alpha value is -2.64. The molecule has 5 nitrogen and oxygen atoms in total. The van der Waals surface area contributed by atoms with E-state index in [9.17, 15) is 0 Å². The minimum Gasteiger partial charge on any atom is -0.493 e. The molecule has 2 aromatic heterocycles. The van der Waals surface area contributed by atoms with E-state index in [1.165, 1.54) is 0 Å². The molecule has 0 aliphatic carbocycles. The molecule has 7 heteroatoms. The van der Waals surface area contributed by atoms with Crippen molar-refractivity contribution in [2.24, 2.45) is 0 Å². The molecule has 0 aliphatic rings. The molecule has 4 rings (SSSR count). The Morgan fingerprint density at radius 3 is 2.44 bits per heavy atom. The van der Waals surface area contributed by atoms with Gasteiger partial charge in [-0.1, -0.05) is 41.7 Å². The molecule has 0 unspecified atom stereocenters. The average Bonchev–Trinajstić information content (AvgIpc) is 3.27. The van der Waals surface area contributed by atoms with Crippen molar-refractivity contribution in [3.05, 3.63) is 47.8 Å². The largest absolute Gasteiger partial charge is 0.493 e. The van der Waals surface area contributed by atoms with E-state index >= 15 is 0 Å². The number of benzene rings is 2. The number of hydrogen-bond donors (Lipinski definition) is 1. The molecule has 0 radical (unpaired) electrons. The smallest absolute Gasteiger partial charge is 0.190 e. The fourth-order valence-corrected chi connectivity index (χ4v) is 4.13. The molecule has 126 valence electrons. The van der Waals surface area contributed by atoms with Crippen molar-refractivity contribution in [1.82, 2.24) is 9.97 Å². The van der Waals surface area contributed by atoms with Gasteiger partial charge in [-0.2, -0.15) is 0 Å². The first kappa shape index (κ1) is 15.9. The zero-order valence-corrected chi connectivity index (χ0v) is 15.3. The van der Waals surface area contributed by atoms with Gasteiger partial charge in [-0.3, -0.25) is 0 Å². The molecule has 1 N–H and O–H groups in total. The van der Waals surface area contributed by atoms with E-state index in [0.29, 0.717) is 11.5 Å². The molecule has 0 amide bonds. The van der Waals surface area contributed by atoms with Gasteiger partial charge in [0.15, 0.2) is 21.8 Å².